The van der Waals surface area contributed by atoms with Crippen molar-refractivity contribution in [1.82, 2.24) is 9.55 Å². The van der Waals surface area contributed by atoms with E-state index in [0.29, 0.717) is 12.5 Å². The Balaban J connectivity index is 1.75. The molecule has 7 heteroatoms. The second-order valence-corrected chi connectivity index (χ2v) is 6.25. The fourth-order valence-corrected chi connectivity index (χ4v) is 2.71. The lowest BCUT2D eigenvalue weighted by atomic mass is 10.1. The van der Waals surface area contributed by atoms with Gasteiger partial charge in [0.25, 0.3) is 5.69 Å². The summed E-state index contributed by atoms with van der Waals surface area (Å²) in [4.78, 5) is 17.0. The van der Waals surface area contributed by atoms with E-state index in [1.165, 1.54) is 6.07 Å². The van der Waals surface area contributed by atoms with E-state index < -0.39 is 4.92 Å². The van der Waals surface area contributed by atoms with Crippen molar-refractivity contribution < 1.29 is 4.92 Å². The Labute approximate surface area is 152 Å². The first-order chi connectivity index (χ1) is 12.5. The summed E-state index contributed by atoms with van der Waals surface area (Å²) in [5.41, 5.74) is 3.95. The summed E-state index contributed by atoms with van der Waals surface area (Å²) in [5.74, 6) is 0.711. The molecule has 0 radical (unpaired) electrons. The van der Waals surface area contributed by atoms with Gasteiger partial charge in [-0.25, -0.2) is 4.98 Å². The van der Waals surface area contributed by atoms with Gasteiger partial charge >= 0.3 is 0 Å². The average Bonchev–Trinajstić information content (AvgIpc) is 3.01. The molecule has 1 N–H and O–H groups in total. The maximum absolute atomic E-state index is 11.0. The normalized spacial score (nSPS) is 10.6. The number of nitro groups is 1. The molecular weight excluding hydrogens is 330 g/mol. The van der Waals surface area contributed by atoms with Crippen molar-refractivity contribution in [3.05, 3.63) is 70.4 Å². The predicted octanol–water partition coefficient (Wildman–Crippen LogP) is 3.67. The summed E-state index contributed by atoms with van der Waals surface area (Å²) in [6.45, 7) is 0.646. The third-order valence-corrected chi connectivity index (χ3v) is 4.24. The van der Waals surface area contributed by atoms with E-state index >= 15 is 0 Å². The second-order valence-electron chi connectivity index (χ2n) is 6.25. The number of hydrogen-bond donors (Lipinski definition) is 1. The van der Waals surface area contributed by atoms with Crippen LogP contribution < -0.4 is 10.2 Å². The number of non-ortho nitro benzene ring substituents is 1. The van der Waals surface area contributed by atoms with Crippen LogP contribution in [-0.4, -0.2) is 28.6 Å². The summed E-state index contributed by atoms with van der Waals surface area (Å²) in [7, 11) is 5.91. The Morgan fingerprint density at radius 3 is 2.58 bits per heavy atom. The second kappa shape index (κ2) is 7.26. The number of nitrogens with zero attached hydrogens (tertiary/aromatic N) is 4. The summed E-state index contributed by atoms with van der Waals surface area (Å²) in [6.07, 6.45) is 1.72. The van der Waals surface area contributed by atoms with E-state index in [4.69, 9.17) is 0 Å². The minimum Gasteiger partial charge on any atom is -0.378 e. The van der Waals surface area contributed by atoms with Crippen LogP contribution in [0.25, 0.3) is 11.3 Å². The van der Waals surface area contributed by atoms with Gasteiger partial charge in [-0.05, 0) is 17.7 Å². The molecular formula is C19H21N5O2. The molecule has 7 nitrogen and oxygen atoms in total. The first-order valence-corrected chi connectivity index (χ1v) is 8.22. The first kappa shape index (κ1) is 17.5. The molecule has 0 bridgehead atoms. The van der Waals surface area contributed by atoms with Gasteiger partial charge in [-0.2, -0.15) is 0 Å². The monoisotopic (exact) mass is 351 g/mol. The van der Waals surface area contributed by atoms with Gasteiger partial charge in [-0.15, -0.1) is 0 Å². The lowest BCUT2D eigenvalue weighted by Crippen LogP contribution is -2.09. The Kier molecular flexibility index (Phi) is 4.88. The Bertz CT molecular complexity index is 916. The van der Waals surface area contributed by atoms with Crippen LogP contribution >= 0.6 is 0 Å². The topological polar surface area (TPSA) is 76.2 Å². The maximum atomic E-state index is 11.0. The highest BCUT2D eigenvalue weighted by Crippen LogP contribution is 2.25. The van der Waals surface area contributed by atoms with Gasteiger partial charge in [-0.3, -0.25) is 10.1 Å². The van der Waals surface area contributed by atoms with Crippen molar-refractivity contribution in [2.24, 2.45) is 7.05 Å². The third-order valence-electron chi connectivity index (χ3n) is 4.24. The van der Waals surface area contributed by atoms with Gasteiger partial charge in [0.1, 0.15) is 0 Å². The number of imidazole rings is 1. The molecule has 0 aliphatic heterocycles. The molecule has 1 heterocycles. The lowest BCUT2D eigenvalue weighted by Gasteiger charge is -2.13. The molecule has 0 amide bonds. The molecule has 134 valence electrons. The zero-order chi connectivity index (χ0) is 18.7. The zero-order valence-corrected chi connectivity index (χ0v) is 15.0. The number of nitrogens with one attached hydrogen (secondary N) is 1. The lowest BCUT2D eigenvalue weighted by molar-refractivity contribution is -0.384. The van der Waals surface area contributed by atoms with E-state index in [-0.39, 0.29) is 5.69 Å². The summed E-state index contributed by atoms with van der Waals surface area (Å²) >= 11 is 0. The van der Waals surface area contributed by atoms with E-state index in [1.54, 1.807) is 18.3 Å². The van der Waals surface area contributed by atoms with Crippen LogP contribution in [0.3, 0.4) is 0 Å². The molecule has 0 atom stereocenters. The van der Waals surface area contributed by atoms with Gasteiger partial charge in [0.15, 0.2) is 0 Å². The van der Waals surface area contributed by atoms with Crippen LogP contribution in [0.4, 0.5) is 17.3 Å². The van der Waals surface area contributed by atoms with E-state index in [9.17, 15) is 10.1 Å². The molecule has 3 aromatic rings. The smallest absolute Gasteiger partial charge is 0.270 e. The molecule has 0 saturated heterocycles. The first-order valence-electron chi connectivity index (χ1n) is 8.22. The number of benzene rings is 2. The van der Waals surface area contributed by atoms with Crippen LogP contribution in [0.5, 0.6) is 0 Å². The zero-order valence-electron chi connectivity index (χ0n) is 15.0. The number of anilines is 2. The van der Waals surface area contributed by atoms with Crippen LogP contribution in [0.1, 0.15) is 5.56 Å². The molecule has 26 heavy (non-hydrogen) atoms. The van der Waals surface area contributed by atoms with Gasteiger partial charge in [-0.1, -0.05) is 24.3 Å². The number of aromatic nitrogens is 2. The highest BCUT2D eigenvalue weighted by atomic mass is 16.6. The predicted molar refractivity (Wildman–Crippen MR) is 103 cm³/mol. The Morgan fingerprint density at radius 2 is 1.92 bits per heavy atom. The third kappa shape index (κ3) is 3.66. The summed E-state index contributed by atoms with van der Waals surface area (Å²) in [5, 5.41) is 14.3. The van der Waals surface area contributed by atoms with Crippen molar-refractivity contribution in [3.63, 3.8) is 0 Å². The maximum Gasteiger partial charge on any atom is 0.270 e. The van der Waals surface area contributed by atoms with Crippen molar-refractivity contribution >= 4 is 17.3 Å². The van der Waals surface area contributed by atoms with Gasteiger partial charge in [0, 0.05) is 51.1 Å². The minimum atomic E-state index is -0.392. The summed E-state index contributed by atoms with van der Waals surface area (Å²) in [6, 6.07) is 14.9. The van der Waals surface area contributed by atoms with Gasteiger partial charge < -0.3 is 14.8 Å². The van der Waals surface area contributed by atoms with Crippen molar-refractivity contribution in [3.8, 4) is 11.3 Å². The van der Waals surface area contributed by atoms with Crippen LogP contribution in [-0.2, 0) is 13.6 Å². The van der Waals surface area contributed by atoms with Crippen LogP contribution in [0.15, 0.2) is 54.7 Å². The minimum absolute atomic E-state index is 0.0687. The molecule has 3 rings (SSSR count). The van der Waals surface area contributed by atoms with E-state index in [2.05, 4.69) is 39.5 Å². The quantitative estimate of drug-likeness (QED) is 0.542. The molecule has 0 aliphatic rings. The molecule has 2 aromatic carbocycles. The van der Waals surface area contributed by atoms with Crippen LogP contribution in [0, 0.1) is 10.1 Å². The number of rotatable bonds is 6. The standard InChI is InChI=1S/C19H21N5O2/c1-22(2)16-9-7-14(8-10-16)12-20-19-21-13-18(23(19)3)15-5-4-6-17(11-15)24(25)26/h4-11,13H,12H2,1-3H3,(H,20,21). The molecule has 0 saturated carbocycles. The number of nitro benzene ring substituents is 1. The average molecular weight is 351 g/mol. The fraction of sp³-hybridized carbons (Fsp3) is 0.211. The van der Waals surface area contributed by atoms with Crippen molar-refractivity contribution in [1.29, 1.82) is 0 Å². The highest BCUT2D eigenvalue weighted by Gasteiger charge is 2.12. The van der Waals surface area contributed by atoms with E-state index in [1.807, 2.05) is 31.8 Å². The Hall–Kier alpha value is -3.35. The van der Waals surface area contributed by atoms with E-state index in [0.717, 1.165) is 22.5 Å². The molecule has 0 unspecified atom stereocenters. The SMILES string of the molecule is CN(C)c1ccc(CNc2ncc(-c3cccc([N+](=O)[O-])c3)n2C)cc1. The largest absolute Gasteiger partial charge is 0.378 e. The molecule has 0 aliphatic carbocycles. The summed E-state index contributed by atoms with van der Waals surface area (Å²) < 4.78 is 1.90. The van der Waals surface area contributed by atoms with Gasteiger partial charge in [0.2, 0.25) is 5.95 Å². The Morgan fingerprint density at radius 1 is 1.19 bits per heavy atom. The molecule has 0 fully saturated rings. The van der Waals surface area contributed by atoms with Gasteiger partial charge in [0.05, 0.1) is 16.8 Å². The fourth-order valence-electron chi connectivity index (χ4n) is 2.71. The number of hydrogen-bond acceptors (Lipinski definition) is 5. The van der Waals surface area contributed by atoms with Crippen molar-refractivity contribution in [2.45, 2.75) is 6.54 Å². The van der Waals surface area contributed by atoms with Crippen LogP contribution in [0.2, 0.25) is 0 Å². The van der Waals surface area contributed by atoms with Crippen molar-refractivity contribution in [2.75, 3.05) is 24.3 Å². The highest BCUT2D eigenvalue weighted by molar-refractivity contribution is 5.64. The molecule has 0 spiro atoms. The molecule has 1 aromatic heterocycles.